The maximum Gasteiger partial charge on any atom is 0.317 e. The zero-order valence-electron chi connectivity index (χ0n) is 22.2. The first-order chi connectivity index (χ1) is 18.1. The summed E-state index contributed by atoms with van der Waals surface area (Å²) in [5, 5.41) is 5.89. The maximum absolute atomic E-state index is 13.2. The van der Waals surface area contributed by atoms with Gasteiger partial charge in [0.05, 0.1) is 5.02 Å². The number of hydrogen-bond donors (Lipinski definition) is 3. The number of nitrogens with one attached hydrogen (secondary N) is 3. The summed E-state index contributed by atoms with van der Waals surface area (Å²) in [5.41, 5.74) is 2.05. The van der Waals surface area contributed by atoms with Crippen LogP contribution < -0.4 is 25.7 Å². The molecular formula is C27H33ClN4O5S. The number of aryl methyl sites for hydroxylation is 1. The number of thioether (sulfide) groups is 1. The van der Waals surface area contributed by atoms with Crippen LogP contribution in [0.3, 0.4) is 0 Å². The van der Waals surface area contributed by atoms with Crippen molar-refractivity contribution < 1.29 is 19.1 Å². The molecular weight excluding hydrogens is 528 g/mol. The summed E-state index contributed by atoms with van der Waals surface area (Å²) < 4.78 is 12.9. The first kappa shape index (κ1) is 26.7. The Hall–Kier alpha value is -2.85. The lowest BCUT2D eigenvalue weighted by molar-refractivity contribution is -0.146. The molecule has 1 aromatic carbocycles. The average molecular weight is 561 g/mol. The van der Waals surface area contributed by atoms with Crippen molar-refractivity contribution in [1.82, 2.24) is 20.5 Å². The van der Waals surface area contributed by atoms with E-state index in [9.17, 15) is 14.4 Å². The number of likely N-dealkylation sites (tertiary alicyclic amines) is 1. The van der Waals surface area contributed by atoms with Crippen LogP contribution in [0.15, 0.2) is 21.8 Å². The van der Waals surface area contributed by atoms with Crippen molar-refractivity contribution in [2.75, 3.05) is 26.4 Å². The topological polar surface area (TPSA) is 113 Å². The Bertz CT molecular complexity index is 1350. The van der Waals surface area contributed by atoms with Gasteiger partial charge in [-0.1, -0.05) is 11.6 Å². The fourth-order valence-corrected chi connectivity index (χ4v) is 7.36. The number of fused-ring (bicyclic) bond motifs is 3. The maximum atomic E-state index is 13.2. The van der Waals surface area contributed by atoms with Crippen LogP contribution in [-0.2, 0) is 6.54 Å². The molecule has 2 unspecified atom stereocenters. The monoisotopic (exact) mass is 560 g/mol. The van der Waals surface area contributed by atoms with Crippen LogP contribution >= 0.6 is 23.4 Å². The molecule has 1 saturated carbocycles. The number of hydrogen-bond acceptors (Lipinski definition) is 6. The molecule has 38 heavy (non-hydrogen) atoms. The molecule has 1 aliphatic carbocycles. The first-order valence-corrected chi connectivity index (χ1v) is 14.4. The molecule has 204 valence electrons. The average Bonchev–Trinajstić information content (AvgIpc) is 3.39. The minimum absolute atomic E-state index is 0.0612. The lowest BCUT2D eigenvalue weighted by Gasteiger charge is -2.43. The Morgan fingerprint density at radius 1 is 1.18 bits per heavy atom. The molecule has 3 aliphatic rings. The Morgan fingerprint density at radius 3 is 2.47 bits per heavy atom. The highest BCUT2D eigenvalue weighted by atomic mass is 35.5. The largest absolute Gasteiger partial charge is 0.448 e. The SMILES string of the molecule is CNC(=O)N1CC2CCC(C1)C2[C@]1(C)Oc2c(Cl)cc(C(=O)NCc3c(SC)cc(C)[nH]c3=O)c(C)c2O1. The number of halogens is 1. The number of ether oxygens (including phenoxy) is 2. The Morgan fingerprint density at radius 2 is 1.84 bits per heavy atom. The molecule has 1 aromatic heterocycles. The third-order valence-electron chi connectivity index (χ3n) is 8.11. The van der Waals surface area contributed by atoms with Crippen molar-refractivity contribution in [3.05, 3.63) is 49.9 Å². The molecule has 3 heterocycles. The van der Waals surface area contributed by atoms with Gasteiger partial charge in [-0.05, 0) is 56.9 Å². The lowest BCUT2D eigenvalue weighted by atomic mass is 9.79. The summed E-state index contributed by atoms with van der Waals surface area (Å²) >= 11 is 8.09. The van der Waals surface area contributed by atoms with Gasteiger partial charge < -0.3 is 30.0 Å². The molecule has 1 saturated heterocycles. The third kappa shape index (κ3) is 4.51. The second-order valence-electron chi connectivity index (χ2n) is 10.5. The second-order valence-corrected chi connectivity index (χ2v) is 11.8. The molecule has 2 aliphatic heterocycles. The van der Waals surface area contributed by atoms with E-state index < -0.39 is 5.79 Å². The molecule has 3 atom stereocenters. The number of carbonyl (C=O) groups is 2. The number of urea groups is 1. The number of aromatic nitrogens is 1. The van der Waals surface area contributed by atoms with Crippen LogP contribution in [0.1, 0.15) is 46.9 Å². The van der Waals surface area contributed by atoms with E-state index in [1.54, 1.807) is 13.1 Å². The van der Waals surface area contributed by atoms with Gasteiger partial charge in [0.1, 0.15) is 0 Å². The van der Waals surface area contributed by atoms with Gasteiger partial charge in [0.15, 0.2) is 11.5 Å². The van der Waals surface area contributed by atoms with Crippen molar-refractivity contribution in [2.45, 2.75) is 50.8 Å². The summed E-state index contributed by atoms with van der Waals surface area (Å²) in [6.45, 7) is 6.95. The standard InChI is InChI=1S/C27H33ClN4O5S/c1-13-8-20(38-5)18(25(34)31-13)10-30-24(33)17-9-19(28)23-22(14(17)2)36-27(3,37-23)21-15-6-7-16(21)12-32(11-15)26(35)29-4/h8-9,15-16,21H,6-7,10-12H2,1-5H3,(H,29,35)(H,30,33)(H,31,34)/t15?,16?,21?,27-/m0/s1. The highest BCUT2D eigenvalue weighted by Crippen LogP contribution is 2.55. The van der Waals surface area contributed by atoms with Gasteiger partial charge in [-0.15, -0.1) is 11.8 Å². The summed E-state index contributed by atoms with van der Waals surface area (Å²) in [7, 11) is 1.65. The van der Waals surface area contributed by atoms with Crippen LogP contribution in [0.5, 0.6) is 11.5 Å². The van der Waals surface area contributed by atoms with E-state index in [1.807, 2.05) is 38.0 Å². The molecule has 3 amide bonds. The van der Waals surface area contributed by atoms with Crippen LogP contribution in [0.2, 0.25) is 5.02 Å². The predicted octanol–water partition coefficient (Wildman–Crippen LogP) is 4.08. The van der Waals surface area contributed by atoms with E-state index in [-0.39, 0.29) is 41.8 Å². The minimum Gasteiger partial charge on any atom is -0.448 e. The van der Waals surface area contributed by atoms with Crippen molar-refractivity contribution in [3.8, 4) is 11.5 Å². The van der Waals surface area contributed by atoms with Crippen LogP contribution in [0, 0.1) is 31.6 Å². The number of amides is 3. The van der Waals surface area contributed by atoms with Crippen molar-refractivity contribution in [3.63, 3.8) is 0 Å². The molecule has 0 spiro atoms. The summed E-state index contributed by atoms with van der Waals surface area (Å²) in [5.74, 6) is 0.176. The number of piperidine rings is 1. The van der Waals surface area contributed by atoms with Gasteiger partial charge in [0.2, 0.25) is 0 Å². The molecule has 9 nitrogen and oxygen atoms in total. The molecule has 2 bridgehead atoms. The van der Waals surface area contributed by atoms with E-state index in [2.05, 4.69) is 15.6 Å². The summed E-state index contributed by atoms with van der Waals surface area (Å²) in [6, 6.07) is 3.43. The molecule has 2 fully saturated rings. The van der Waals surface area contributed by atoms with Crippen LogP contribution in [-0.4, -0.2) is 54.0 Å². The lowest BCUT2D eigenvalue weighted by Crippen LogP contribution is -2.56. The van der Waals surface area contributed by atoms with E-state index >= 15 is 0 Å². The number of pyridine rings is 1. The van der Waals surface area contributed by atoms with Gasteiger partial charge in [-0.3, -0.25) is 9.59 Å². The highest BCUT2D eigenvalue weighted by molar-refractivity contribution is 7.98. The van der Waals surface area contributed by atoms with Gasteiger partial charge in [-0.25, -0.2) is 4.79 Å². The van der Waals surface area contributed by atoms with Gasteiger partial charge in [0.25, 0.3) is 17.3 Å². The summed E-state index contributed by atoms with van der Waals surface area (Å²) in [4.78, 5) is 43.5. The van der Waals surface area contributed by atoms with Gasteiger partial charge >= 0.3 is 6.03 Å². The number of aromatic amines is 1. The van der Waals surface area contributed by atoms with Crippen molar-refractivity contribution >= 4 is 35.3 Å². The van der Waals surface area contributed by atoms with Crippen molar-refractivity contribution in [1.29, 1.82) is 0 Å². The zero-order valence-corrected chi connectivity index (χ0v) is 23.8. The van der Waals surface area contributed by atoms with Crippen LogP contribution in [0.25, 0.3) is 0 Å². The third-order valence-corrected chi connectivity index (χ3v) is 9.19. The van der Waals surface area contributed by atoms with E-state index in [0.717, 1.165) is 23.4 Å². The first-order valence-electron chi connectivity index (χ1n) is 12.8. The van der Waals surface area contributed by atoms with Gasteiger partial charge in [-0.2, -0.15) is 0 Å². The summed E-state index contributed by atoms with van der Waals surface area (Å²) in [6.07, 6.45) is 3.89. The number of carbonyl (C=O) groups excluding carboxylic acids is 2. The van der Waals surface area contributed by atoms with Crippen LogP contribution in [0.4, 0.5) is 4.79 Å². The molecule has 5 rings (SSSR count). The molecule has 0 radical (unpaired) electrons. The second kappa shape index (κ2) is 10.0. The molecule has 11 heteroatoms. The number of H-pyrrole nitrogens is 1. The number of rotatable bonds is 5. The fraction of sp³-hybridized carbons (Fsp3) is 0.519. The Kier molecular flexibility index (Phi) is 7.06. The fourth-order valence-electron chi connectivity index (χ4n) is 6.42. The normalized spacial score (nSPS) is 25.4. The zero-order chi connectivity index (χ0) is 27.4. The highest BCUT2D eigenvalue weighted by Gasteiger charge is 2.57. The van der Waals surface area contributed by atoms with Gasteiger partial charge in [0, 0.05) is 66.8 Å². The molecule has 2 aromatic rings. The van der Waals surface area contributed by atoms with E-state index in [4.69, 9.17) is 21.1 Å². The Balaban J connectivity index is 1.36. The number of nitrogens with zero attached hydrogens (tertiary/aromatic N) is 1. The predicted molar refractivity (Wildman–Crippen MR) is 146 cm³/mol. The van der Waals surface area contributed by atoms with Crippen molar-refractivity contribution in [2.24, 2.45) is 17.8 Å². The minimum atomic E-state index is -0.950. The number of benzene rings is 1. The Labute approximate surface area is 231 Å². The molecule has 3 N–H and O–H groups in total. The quantitative estimate of drug-likeness (QED) is 0.475. The van der Waals surface area contributed by atoms with E-state index in [1.165, 1.54) is 11.8 Å². The van der Waals surface area contributed by atoms with E-state index in [0.29, 0.717) is 46.3 Å². The smallest absolute Gasteiger partial charge is 0.317 e.